The smallest absolute Gasteiger partial charge is 0.255 e. The molecule has 6 nitrogen and oxygen atoms in total. The summed E-state index contributed by atoms with van der Waals surface area (Å²) in [6, 6.07) is 11.6. The Hall–Kier alpha value is -2.35. The zero-order valence-electron chi connectivity index (χ0n) is 12.7. The first kappa shape index (κ1) is 17.5. The third-order valence-corrected chi connectivity index (χ3v) is 4.67. The number of rotatable bonds is 5. The van der Waals surface area contributed by atoms with Gasteiger partial charge in [0.2, 0.25) is 0 Å². The molecule has 0 aliphatic heterocycles. The van der Waals surface area contributed by atoms with Crippen molar-refractivity contribution in [3.8, 4) is 5.69 Å². The molecule has 2 aromatic carbocycles. The van der Waals surface area contributed by atoms with E-state index in [2.05, 4.69) is 14.8 Å². The van der Waals surface area contributed by atoms with E-state index in [4.69, 9.17) is 23.2 Å². The highest BCUT2D eigenvalue weighted by Crippen LogP contribution is 2.25. The summed E-state index contributed by atoms with van der Waals surface area (Å²) in [6.45, 7) is 0. The van der Waals surface area contributed by atoms with E-state index < -0.39 is 10.0 Å². The number of nitrogens with zero attached hydrogens (tertiary/aromatic N) is 3. The van der Waals surface area contributed by atoms with E-state index >= 15 is 0 Å². The predicted molar refractivity (Wildman–Crippen MR) is 99.4 cm³/mol. The number of hydrogen-bond donors (Lipinski definition) is 1. The Balaban J connectivity index is 1.88. The highest BCUT2D eigenvalue weighted by atomic mass is 35.5. The zero-order valence-corrected chi connectivity index (χ0v) is 15.0. The SMILES string of the molecule is O=S(=O)(C=Cc1ccc(Cl)cc1)Nc1cc(Cl)ccc1-n1cncn1. The molecule has 0 unspecified atom stereocenters. The van der Waals surface area contributed by atoms with Crippen LogP contribution in [0.2, 0.25) is 10.0 Å². The lowest BCUT2D eigenvalue weighted by Crippen LogP contribution is -2.11. The van der Waals surface area contributed by atoms with Gasteiger partial charge in [-0.05, 0) is 42.0 Å². The van der Waals surface area contributed by atoms with Crippen LogP contribution in [0.25, 0.3) is 11.8 Å². The molecule has 0 amide bonds. The molecule has 1 aromatic heterocycles. The Morgan fingerprint density at radius 1 is 1.04 bits per heavy atom. The Labute approximate surface area is 154 Å². The van der Waals surface area contributed by atoms with Crippen LogP contribution in [0.3, 0.4) is 0 Å². The van der Waals surface area contributed by atoms with Gasteiger partial charge in [0.15, 0.2) is 0 Å². The normalized spacial score (nSPS) is 11.8. The average Bonchev–Trinajstić information content (AvgIpc) is 3.08. The molecule has 0 aliphatic rings. The van der Waals surface area contributed by atoms with E-state index in [9.17, 15) is 8.42 Å². The first-order valence-corrected chi connectivity index (χ1v) is 9.34. The van der Waals surface area contributed by atoms with Gasteiger partial charge in [-0.25, -0.2) is 18.1 Å². The lowest BCUT2D eigenvalue weighted by molar-refractivity contribution is 0.609. The topological polar surface area (TPSA) is 76.9 Å². The van der Waals surface area contributed by atoms with Gasteiger partial charge < -0.3 is 0 Å². The Morgan fingerprint density at radius 2 is 1.76 bits per heavy atom. The molecule has 1 heterocycles. The molecule has 25 heavy (non-hydrogen) atoms. The Morgan fingerprint density at radius 3 is 2.44 bits per heavy atom. The Bertz CT molecular complexity index is 1000. The molecule has 128 valence electrons. The van der Waals surface area contributed by atoms with Crippen molar-refractivity contribution >= 4 is 45.0 Å². The minimum Gasteiger partial charge on any atom is -0.278 e. The standard InChI is InChI=1S/C16H12Cl2N4O2S/c17-13-3-1-12(2-4-13)7-8-25(23,24)21-15-9-14(18)5-6-16(15)22-11-19-10-20-22/h1-11,21H. The molecule has 0 saturated heterocycles. The van der Waals surface area contributed by atoms with Crippen molar-refractivity contribution in [1.82, 2.24) is 14.8 Å². The number of halogens is 2. The van der Waals surface area contributed by atoms with Crippen molar-refractivity contribution in [3.05, 3.63) is 76.1 Å². The summed E-state index contributed by atoms with van der Waals surface area (Å²) in [4.78, 5) is 3.86. The van der Waals surface area contributed by atoms with Gasteiger partial charge in [-0.15, -0.1) is 0 Å². The maximum Gasteiger partial charge on any atom is 0.255 e. The Kier molecular flexibility index (Phi) is 5.08. The number of sulfonamides is 1. The molecular formula is C16H12Cl2N4O2S. The van der Waals surface area contributed by atoms with Gasteiger partial charge in [0.25, 0.3) is 10.0 Å². The van der Waals surface area contributed by atoms with Crippen molar-refractivity contribution in [2.75, 3.05) is 4.72 Å². The van der Waals surface area contributed by atoms with Crippen molar-refractivity contribution in [2.45, 2.75) is 0 Å². The van der Waals surface area contributed by atoms with Crippen molar-refractivity contribution in [3.63, 3.8) is 0 Å². The van der Waals surface area contributed by atoms with Crippen LogP contribution >= 0.6 is 23.2 Å². The highest BCUT2D eigenvalue weighted by molar-refractivity contribution is 7.95. The molecule has 3 aromatic rings. The van der Waals surface area contributed by atoms with E-state index in [1.807, 2.05) is 0 Å². The predicted octanol–water partition coefficient (Wildman–Crippen LogP) is 3.99. The molecule has 3 rings (SSSR count). The monoisotopic (exact) mass is 394 g/mol. The summed E-state index contributed by atoms with van der Waals surface area (Å²) in [6.07, 6.45) is 4.29. The molecule has 1 N–H and O–H groups in total. The van der Waals surface area contributed by atoms with Crippen molar-refractivity contribution in [1.29, 1.82) is 0 Å². The summed E-state index contributed by atoms with van der Waals surface area (Å²) >= 11 is 11.8. The van der Waals surface area contributed by atoms with Gasteiger partial charge >= 0.3 is 0 Å². The van der Waals surface area contributed by atoms with E-state index in [1.165, 1.54) is 29.5 Å². The molecule has 0 atom stereocenters. The average molecular weight is 395 g/mol. The summed E-state index contributed by atoms with van der Waals surface area (Å²) in [5.74, 6) is 0. The summed E-state index contributed by atoms with van der Waals surface area (Å²) < 4.78 is 28.6. The van der Waals surface area contributed by atoms with Crippen molar-refractivity contribution < 1.29 is 8.42 Å². The number of benzene rings is 2. The summed E-state index contributed by atoms with van der Waals surface area (Å²) in [5, 5.41) is 6.05. The second kappa shape index (κ2) is 7.26. The molecule has 0 saturated carbocycles. The number of nitrogens with one attached hydrogen (secondary N) is 1. The fourth-order valence-electron chi connectivity index (χ4n) is 2.05. The maximum absolute atomic E-state index is 12.4. The first-order valence-electron chi connectivity index (χ1n) is 7.04. The quantitative estimate of drug-likeness (QED) is 0.709. The van der Waals surface area contributed by atoms with E-state index in [1.54, 1.807) is 36.4 Å². The van der Waals surface area contributed by atoms with Crippen molar-refractivity contribution in [2.24, 2.45) is 0 Å². The van der Waals surface area contributed by atoms with Gasteiger partial charge in [0.05, 0.1) is 16.8 Å². The molecule has 0 radical (unpaired) electrons. The molecular weight excluding hydrogens is 383 g/mol. The first-order chi connectivity index (χ1) is 11.9. The fraction of sp³-hybridized carbons (Fsp3) is 0. The number of aromatic nitrogens is 3. The van der Waals surface area contributed by atoms with E-state index in [0.717, 1.165) is 5.41 Å². The molecule has 0 bridgehead atoms. The van der Waals surface area contributed by atoms with Gasteiger partial charge in [0.1, 0.15) is 12.7 Å². The maximum atomic E-state index is 12.4. The summed E-state index contributed by atoms with van der Waals surface area (Å²) in [7, 11) is -3.76. The fourth-order valence-corrected chi connectivity index (χ4v) is 3.22. The largest absolute Gasteiger partial charge is 0.278 e. The lowest BCUT2D eigenvalue weighted by atomic mass is 10.2. The van der Waals surface area contributed by atoms with Gasteiger partial charge in [-0.1, -0.05) is 35.3 Å². The zero-order chi connectivity index (χ0) is 17.9. The van der Waals surface area contributed by atoms with Crippen LogP contribution in [0.1, 0.15) is 5.56 Å². The number of hydrogen-bond acceptors (Lipinski definition) is 4. The second-order valence-corrected chi connectivity index (χ2v) is 7.44. The third-order valence-electron chi connectivity index (χ3n) is 3.19. The van der Waals surface area contributed by atoms with E-state index in [-0.39, 0.29) is 0 Å². The van der Waals surface area contributed by atoms with Gasteiger partial charge in [-0.3, -0.25) is 4.72 Å². The van der Waals surface area contributed by atoms with Crippen LogP contribution in [0.4, 0.5) is 5.69 Å². The van der Waals surface area contributed by atoms with Crippen LogP contribution in [0.5, 0.6) is 0 Å². The highest BCUT2D eigenvalue weighted by Gasteiger charge is 2.12. The molecule has 0 spiro atoms. The third kappa shape index (κ3) is 4.60. The lowest BCUT2D eigenvalue weighted by Gasteiger charge is -2.11. The number of anilines is 1. The minimum atomic E-state index is -3.76. The minimum absolute atomic E-state index is 0.291. The summed E-state index contributed by atoms with van der Waals surface area (Å²) in [5.41, 5.74) is 1.50. The molecule has 0 aliphatic carbocycles. The van der Waals surface area contributed by atoms with Crippen LogP contribution in [0, 0.1) is 0 Å². The molecule has 9 heteroatoms. The van der Waals surface area contributed by atoms with Crippen LogP contribution < -0.4 is 4.72 Å². The van der Waals surface area contributed by atoms with Crippen LogP contribution in [-0.4, -0.2) is 23.2 Å². The second-order valence-electron chi connectivity index (χ2n) is 5.00. The van der Waals surface area contributed by atoms with Gasteiger partial charge in [-0.2, -0.15) is 5.10 Å². The molecule has 0 fully saturated rings. The van der Waals surface area contributed by atoms with Crippen LogP contribution in [-0.2, 0) is 10.0 Å². The van der Waals surface area contributed by atoms with E-state index in [0.29, 0.717) is 27.0 Å². The van der Waals surface area contributed by atoms with Crippen LogP contribution in [0.15, 0.2) is 60.5 Å². The van der Waals surface area contributed by atoms with Gasteiger partial charge in [0, 0.05) is 10.0 Å².